The maximum absolute atomic E-state index is 12.4. The fourth-order valence-electron chi connectivity index (χ4n) is 2.24. The topological polar surface area (TPSA) is 67.8 Å². The largest absolute Gasteiger partial charge is 0.573 e. The molecule has 0 unspecified atom stereocenters. The number of alkyl halides is 3. The molecule has 1 aliphatic heterocycles. The summed E-state index contributed by atoms with van der Waals surface area (Å²) in [5, 5.41) is 11.9. The number of nitrogens with one attached hydrogen (secondary N) is 1. The molecule has 0 bridgehead atoms. The van der Waals surface area contributed by atoms with E-state index < -0.39 is 24.5 Å². The molecule has 1 fully saturated rings. The zero-order valence-electron chi connectivity index (χ0n) is 11.7. The average Bonchev–Trinajstić information content (AvgIpc) is 2.41. The van der Waals surface area contributed by atoms with Gasteiger partial charge in [0.1, 0.15) is 17.6 Å². The lowest BCUT2D eigenvalue weighted by atomic mass is 10.1. The molecule has 0 aromatic heterocycles. The highest BCUT2D eigenvalue weighted by Gasteiger charge is 2.32. The third-order valence-corrected chi connectivity index (χ3v) is 3.19. The average molecular weight is 319 g/mol. The van der Waals surface area contributed by atoms with E-state index >= 15 is 0 Å². The predicted octanol–water partition coefficient (Wildman–Crippen LogP) is 2.34. The molecule has 1 aliphatic rings. The van der Waals surface area contributed by atoms with E-state index in [0.717, 1.165) is 32.0 Å². The molecule has 1 aromatic rings. The highest BCUT2D eigenvalue weighted by atomic mass is 19.4. The van der Waals surface area contributed by atoms with Crippen molar-refractivity contribution in [1.29, 1.82) is 0 Å². The van der Waals surface area contributed by atoms with E-state index in [1.165, 1.54) is 12.1 Å². The molecule has 0 spiro atoms. The van der Waals surface area contributed by atoms with Crippen LogP contribution in [0.25, 0.3) is 0 Å². The molecule has 0 saturated carbocycles. The van der Waals surface area contributed by atoms with Crippen LogP contribution in [0, 0.1) is 0 Å². The van der Waals surface area contributed by atoms with Crippen LogP contribution >= 0.6 is 0 Å². The fourth-order valence-corrected chi connectivity index (χ4v) is 2.24. The van der Waals surface area contributed by atoms with E-state index in [4.69, 9.17) is 9.84 Å². The summed E-state index contributed by atoms with van der Waals surface area (Å²) in [6, 6.07) is 3.84. The molecule has 122 valence electrons. The van der Waals surface area contributed by atoms with E-state index in [9.17, 15) is 18.0 Å². The van der Waals surface area contributed by atoms with Crippen LogP contribution in [0.15, 0.2) is 18.2 Å². The van der Waals surface area contributed by atoms with Crippen LogP contribution in [0.3, 0.4) is 0 Å². The van der Waals surface area contributed by atoms with Crippen molar-refractivity contribution in [3.05, 3.63) is 23.8 Å². The van der Waals surface area contributed by atoms with Gasteiger partial charge in [-0.15, -0.1) is 13.2 Å². The maximum Gasteiger partial charge on any atom is 0.573 e. The lowest BCUT2D eigenvalue weighted by Gasteiger charge is -2.24. The first-order chi connectivity index (χ1) is 10.3. The molecular weight excluding hydrogens is 303 g/mol. The van der Waals surface area contributed by atoms with Crippen molar-refractivity contribution >= 4 is 5.97 Å². The molecule has 5 nitrogen and oxygen atoms in total. The van der Waals surface area contributed by atoms with Gasteiger partial charge in [0.05, 0.1) is 6.42 Å². The summed E-state index contributed by atoms with van der Waals surface area (Å²) in [4.78, 5) is 10.7. The summed E-state index contributed by atoms with van der Waals surface area (Å²) in [6.07, 6.45) is -4.01. The summed E-state index contributed by atoms with van der Waals surface area (Å²) >= 11 is 0. The quantitative estimate of drug-likeness (QED) is 0.872. The van der Waals surface area contributed by atoms with Crippen LogP contribution in [0.2, 0.25) is 0 Å². The maximum atomic E-state index is 12.4. The van der Waals surface area contributed by atoms with Crippen LogP contribution in [-0.2, 0) is 11.2 Å². The Kier molecular flexibility index (Phi) is 5.12. The van der Waals surface area contributed by atoms with E-state index in [-0.39, 0.29) is 17.4 Å². The van der Waals surface area contributed by atoms with Gasteiger partial charge >= 0.3 is 12.3 Å². The van der Waals surface area contributed by atoms with Crippen molar-refractivity contribution in [2.75, 3.05) is 13.1 Å². The number of benzene rings is 1. The van der Waals surface area contributed by atoms with E-state index in [1.54, 1.807) is 0 Å². The zero-order chi connectivity index (χ0) is 16.2. The molecule has 0 amide bonds. The molecule has 8 heteroatoms. The molecule has 2 N–H and O–H groups in total. The van der Waals surface area contributed by atoms with E-state index in [2.05, 4.69) is 10.1 Å². The van der Waals surface area contributed by atoms with E-state index in [1.807, 2.05) is 0 Å². The number of carbonyl (C=O) groups is 1. The van der Waals surface area contributed by atoms with Gasteiger partial charge in [0.25, 0.3) is 0 Å². The van der Waals surface area contributed by atoms with Crippen molar-refractivity contribution in [2.24, 2.45) is 0 Å². The summed E-state index contributed by atoms with van der Waals surface area (Å²) in [7, 11) is 0. The number of hydrogen-bond acceptors (Lipinski definition) is 4. The lowest BCUT2D eigenvalue weighted by Crippen LogP contribution is -2.34. The zero-order valence-corrected chi connectivity index (χ0v) is 11.7. The van der Waals surface area contributed by atoms with Gasteiger partial charge in [0, 0.05) is 11.6 Å². The fraction of sp³-hybridized carbons (Fsp3) is 0.500. The molecule has 0 atom stereocenters. The molecule has 1 aromatic carbocycles. The minimum Gasteiger partial charge on any atom is -0.490 e. The van der Waals surface area contributed by atoms with E-state index in [0.29, 0.717) is 0 Å². The van der Waals surface area contributed by atoms with Gasteiger partial charge in [0.15, 0.2) is 0 Å². The summed E-state index contributed by atoms with van der Waals surface area (Å²) in [5.74, 6) is -1.54. The normalized spacial score (nSPS) is 16.3. The second kappa shape index (κ2) is 6.87. The highest BCUT2D eigenvalue weighted by Crippen LogP contribution is 2.31. The van der Waals surface area contributed by atoms with Crippen LogP contribution in [0.5, 0.6) is 11.5 Å². The number of carboxylic acid groups (broad SMARTS) is 1. The molecule has 1 saturated heterocycles. The first kappa shape index (κ1) is 16.4. The van der Waals surface area contributed by atoms with Crippen LogP contribution in [-0.4, -0.2) is 36.6 Å². The SMILES string of the molecule is O=C(O)Cc1ccc(OC2CCNCC2)cc1OC(F)(F)F. The Hall–Kier alpha value is -1.96. The minimum atomic E-state index is -4.89. The van der Waals surface area contributed by atoms with Crippen LogP contribution in [0.4, 0.5) is 13.2 Å². The summed E-state index contributed by atoms with van der Waals surface area (Å²) in [5.41, 5.74) is -0.0533. The summed E-state index contributed by atoms with van der Waals surface area (Å²) in [6.45, 7) is 1.57. The predicted molar refractivity (Wildman–Crippen MR) is 71.0 cm³/mol. The van der Waals surface area contributed by atoms with Gasteiger partial charge < -0.3 is 19.9 Å². The number of rotatable bonds is 5. The van der Waals surface area contributed by atoms with Crippen molar-refractivity contribution < 1.29 is 32.5 Å². The minimum absolute atomic E-state index is 0.0533. The number of piperidine rings is 1. The highest BCUT2D eigenvalue weighted by molar-refractivity contribution is 5.71. The molecular formula is C14H16F3NO4. The second-order valence-corrected chi connectivity index (χ2v) is 4.96. The summed E-state index contributed by atoms with van der Waals surface area (Å²) < 4.78 is 46.8. The third kappa shape index (κ3) is 5.10. The number of halogens is 3. The molecule has 0 aliphatic carbocycles. The van der Waals surface area contributed by atoms with Crippen molar-refractivity contribution in [2.45, 2.75) is 31.7 Å². The number of aliphatic carboxylic acids is 1. The number of hydrogen-bond donors (Lipinski definition) is 2. The van der Waals surface area contributed by atoms with Gasteiger partial charge in [-0.1, -0.05) is 6.07 Å². The second-order valence-electron chi connectivity index (χ2n) is 4.96. The molecule has 22 heavy (non-hydrogen) atoms. The molecule has 0 radical (unpaired) electrons. The Bertz CT molecular complexity index is 527. The molecule has 1 heterocycles. The lowest BCUT2D eigenvalue weighted by molar-refractivity contribution is -0.275. The monoisotopic (exact) mass is 319 g/mol. The van der Waals surface area contributed by atoms with Gasteiger partial charge in [-0.3, -0.25) is 4.79 Å². The number of ether oxygens (including phenoxy) is 2. The number of carboxylic acids is 1. The van der Waals surface area contributed by atoms with Crippen molar-refractivity contribution in [1.82, 2.24) is 5.32 Å². The standard InChI is InChI=1S/C14H16F3NO4/c15-14(16,17)22-12-8-11(2-1-9(12)7-13(19)20)21-10-3-5-18-6-4-10/h1-2,8,10,18H,3-7H2,(H,19,20). The van der Waals surface area contributed by atoms with Gasteiger partial charge in [0.2, 0.25) is 0 Å². The first-order valence-electron chi connectivity index (χ1n) is 6.81. The van der Waals surface area contributed by atoms with Crippen molar-refractivity contribution in [3.63, 3.8) is 0 Å². The van der Waals surface area contributed by atoms with Gasteiger partial charge in [-0.25, -0.2) is 0 Å². The molecule has 2 rings (SSSR count). The Morgan fingerprint density at radius 1 is 1.32 bits per heavy atom. The van der Waals surface area contributed by atoms with Crippen molar-refractivity contribution in [3.8, 4) is 11.5 Å². The van der Waals surface area contributed by atoms with Gasteiger partial charge in [-0.2, -0.15) is 0 Å². The van der Waals surface area contributed by atoms with Gasteiger partial charge in [-0.05, 0) is 32.0 Å². The third-order valence-electron chi connectivity index (χ3n) is 3.19. The Morgan fingerprint density at radius 3 is 2.59 bits per heavy atom. The smallest absolute Gasteiger partial charge is 0.490 e. The Labute approximate surface area is 125 Å². The Balaban J connectivity index is 2.17. The van der Waals surface area contributed by atoms with Crippen LogP contribution < -0.4 is 14.8 Å². The first-order valence-corrected chi connectivity index (χ1v) is 6.81. The van der Waals surface area contributed by atoms with Crippen LogP contribution in [0.1, 0.15) is 18.4 Å². The Morgan fingerprint density at radius 2 is 2.00 bits per heavy atom.